The van der Waals surface area contributed by atoms with Gasteiger partial charge in [0.05, 0.1) is 30.3 Å². The molecule has 1 aliphatic carbocycles. The smallest absolute Gasteiger partial charge is 0.332 e. The Morgan fingerprint density at radius 1 is 0.864 bits per heavy atom. The zero-order valence-corrected chi connectivity index (χ0v) is 42.2. The molecular formula is C53H85NO12. The molecule has 1 amide bonds. The molecular weight excluding hydrogens is 843 g/mol. The van der Waals surface area contributed by atoms with Gasteiger partial charge >= 0.3 is 5.97 Å². The molecule has 3 aliphatic heterocycles. The van der Waals surface area contributed by atoms with E-state index in [1.807, 2.05) is 65.0 Å². The van der Waals surface area contributed by atoms with Crippen LogP contribution in [0, 0.1) is 41.4 Å². The second-order valence-electron chi connectivity index (χ2n) is 20.7. The Morgan fingerprint density at radius 2 is 1.58 bits per heavy atom. The number of methoxy groups -OCH3 is 3. The first-order valence-corrected chi connectivity index (χ1v) is 24.7. The molecule has 4 aliphatic rings. The molecule has 374 valence electrons. The molecule has 2 bridgehead atoms. The molecule has 2 saturated heterocycles. The summed E-state index contributed by atoms with van der Waals surface area (Å²) >= 11 is 0. The number of piperidine rings is 1. The number of fused-ring (bicyclic) bond motifs is 3. The molecule has 3 N–H and O–H groups in total. The lowest BCUT2D eigenvalue weighted by atomic mass is 9.78. The molecule has 4 rings (SSSR count). The second kappa shape index (κ2) is 25.0. The summed E-state index contributed by atoms with van der Waals surface area (Å²) in [5, 5.41) is 34.4. The number of ketones is 2. The first-order chi connectivity index (χ1) is 31.1. The first kappa shape index (κ1) is 55.6. The third-order valence-corrected chi connectivity index (χ3v) is 15.5. The third-order valence-electron chi connectivity index (χ3n) is 15.5. The van der Waals surface area contributed by atoms with Gasteiger partial charge in [0.2, 0.25) is 5.91 Å². The average molecular weight is 928 g/mol. The number of allylic oxidation sites excluding steroid dienone is 6. The monoisotopic (exact) mass is 928 g/mol. The number of amides is 1. The van der Waals surface area contributed by atoms with E-state index in [1.165, 1.54) is 7.11 Å². The zero-order valence-electron chi connectivity index (χ0n) is 42.2. The predicted octanol–water partition coefficient (Wildman–Crippen LogP) is 7.64. The number of Topliss-reactive ketones (excluding diaryl/α,β-unsaturated/α-hetero) is 2. The van der Waals surface area contributed by atoms with Gasteiger partial charge < -0.3 is 43.9 Å². The number of rotatable bonds is 6. The Labute approximate surface area is 395 Å². The highest BCUT2D eigenvalue weighted by Gasteiger charge is 2.54. The van der Waals surface area contributed by atoms with Crippen LogP contribution in [0.3, 0.4) is 0 Å². The average Bonchev–Trinajstić information content (AvgIpc) is 3.28. The number of ether oxygens (including phenoxy) is 5. The molecule has 0 aromatic carbocycles. The van der Waals surface area contributed by atoms with Crippen LogP contribution >= 0.6 is 0 Å². The maximum atomic E-state index is 14.8. The number of aliphatic hydroxyl groups is 3. The first-order valence-electron chi connectivity index (χ1n) is 24.7. The number of carbonyl (C=O) groups excluding carboxylic acids is 4. The highest BCUT2D eigenvalue weighted by atomic mass is 16.6. The number of esters is 1. The van der Waals surface area contributed by atoms with Crippen molar-refractivity contribution in [2.75, 3.05) is 27.9 Å². The van der Waals surface area contributed by atoms with E-state index in [2.05, 4.69) is 0 Å². The number of cyclic esters (lactones) is 1. The SMILES string of the molecule is COC1CC(C[C@@H](C)C2CC(=O)[C@H](C)/C=C(\C)C(O)[C@@H](OC)C(=O)C(C)C[C@H](C)/C=C/C=C/C=C(\C)[C@@H](OC)C[C@@H]3CCC(C)C(O)(O3)C(C)C(=O)N3CCCC[C@@]3(C)C(=O)O2)CC[C@H]1O. The molecule has 16 atom stereocenters. The summed E-state index contributed by atoms with van der Waals surface area (Å²) in [4.78, 5) is 59.1. The lowest BCUT2D eigenvalue weighted by molar-refractivity contribution is -0.304. The van der Waals surface area contributed by atoms with Crippen molar-refractivity contribution in [2.24, 2.45) is 41.4 Å². The van der Waals surface area contributed by atoms with E-state index < -0.39 is 71.5 Å². The Bertz CT molecular complexity index is 1760. The molecule has 0 aromatic heterocycles. The fourth-order valence-electron chi connectivity index (χ4n) is 10.8. The lowest BCUT2D eigenvalue weighted by Crippen LogP contribution is -2.63. The van der Waals surface area contributed by atoms with Gasteiger partial charge in [0.1, 0.15) is 29.6 Å². The standard InChI is InChI=1S/C53H85NO12/c1-32-18-14-13-15-19-33(2)44(62-10)30-41-22-20-38(7)53(61,66-41)39(8)50(59)54-25-17-16-24-52(54,9)51(60)65-45(35(4)28-40-21-23-42(55)46(29-40)63-11)31-43(56)34(3)27-37(6)48(58)49(64-12)47(57)36(5)26-32/h13-15,18-19,27,32,34-36,38-42,44-46,48-49,55,58,61H,16-17,20-26,28-31H2,1-12H3/b15-13+,18-14+,33-19+,37-27+/t32-,34-,35-,36?,38?,39?,40?,41+,42-,44+,45?,46?,48?,49+,52+,53?/m1/s1. The maximum Gasteiger partial charge on any atom is 0.332 e. The summed E-state index contributed by atoms with van der Waals surface area (Å²) in [7, 11) is 4.63. The van der Waals surface area contributed by atoms with E-state index in [0.29, 0.717) is 69.8 Å². The van der Waals surface area contributed by atoms with Crippen LogP contribution in [0.2, 0.25) is 0 Å². The molecule has 66 heavy (non-hydrogen) atoms. The van der Waals surface area contributed by atoms with Gasteiger partial charge in [0.25, 0.3) is 0 Å². The van der Waals surface area contributed by atoms with Crippen molar-refractivity contribution in [3.8, 4) is 0 Å². The van der Waals surface area contributed by atoms with Crippen molar-refractivity contribution in [3.63, 3.8) is 0 Å². The number of hydrogen-bond donors (Lipinski definition) is 3. The molecule has 13 nitrogen and oxygen atoms in total. The molecule has 0 aromatic rings. The molecule has 3 heterocycles. The molecule has 0 radical (unpaired) electrons. The van der Waals surface area contributed by atoms with Gasteiger partial charge in [-0.2, -0.15) is 0 Å². The lowest BCUT2D eigenvalue weighted by Gasteiger charge is -2.49. The topological polar surface area (TPSA) is 178 Å². The van der Waals surface area contributed by atoms with Crippen LogP contribution in [0.25, 0.3) is 0 Å². The second-order valence-corrected chi connectivity index (χ2v) is 20.7. The predicted molar refractivity (Wildman–Crippen MR) is 254 cm³/mol. The van der Waals surface area contributed by atoms with Crippen molar-refractivity contribution < 1.29 is 58.2 Å². The van der Waals surface area contributed by atoms with Gasteiger partial charge in [0.15, 0.2) is 11.6 Å². The highest BCUT2D eigenvalue weighted by Crippen LogP contribution is 2.42. The maximum absolute atomic E-state index is 14.8. The van der Waals surface area contributed by atoms with Gasteiger partial charge in [-0.25, -0.2) is 4.79 Å². The summed E-state index contributed by atoms with van der Waals surface area (Å²) in [6, 6.07) is 0. The third kappa shape index (κ3) is 13.8. The highest BCUT2D eigenvalue weighted by molar-refractivity contribution is 5.90. The van der Waals surface area contributed by atoms with Gasteiger partial charge in [-0.1, -0.05) is 71.1 Å². The van der Waals surface area contributed by atoms with Gasteiger partial charge in [0, 0.05) is 58.5 Å². The molecule has 0 spiro atoms. The van der Waals surface area contributed by atoms with Gasteiger partial charge in [-0.3, -0.25) is 14.4 Å². The van der Waals surface area contributed by atoms with E-state index in [9.17, 15) is 34.5 Å². The number of aliphatic hydroxyl groups excluding tert-OH is 2. The minimum absolute atomic E-state index is 0.0446. The zero-order chi connectivity index (χ0) is 49.1. The minimum atomic E-state index is -1.81. The molecule has 13 heteroatoms. The Hall–Kier alpha value is -3.04. The van der Waals surface area contributed by atoms with Crippen LogP contribution in [-0.4, -0.2) is 126 Å². The van der Waals surface area contributed by atoms with Crippen LogP contribution in [-0.2, 0) is 42.9 Å². The quantitative estimate of drug-likeness (QED) is 0.176. The molecule has 1 saturated carbocycles. The molecule has 3 fully saturated rings. The van der Waals surface area contributed by atoms with Crippen molar-refractivity contribution >= 4 is 23.4 Å². The Balaban J connectivity index is 1.73. The number of hydrogen-bond acceptors (Lipinski definition) is 12. The summed E-state index contributed by atoms with van der Waals surface area (Å²) in [6.07, 6.45) is 13.0. The van der Waals surface area contributed by atoms with Crippen molar-refractivity contribution in [1.82, 2.24) is 4.90 Å². The molecule has 8 unspecified atom stereocenters. The van der Waals surface area contributed by atoms with E-state index in [4.69, 9.17) is 23.7 Å². The van der Waals surface area contributed by atoms with Crippen LogP contribution in [0.1, 0.15) is 139 Å². The summed E-state index contributed by atoms with van der Waals surface area (Å²) in [6.45, 7) is 16.8. The van der Waals surface area contributed by atoms with Crippen molar-refractivity contribution in [2.45, 2.75) is 193 Å². The van der Waals surface area contributed by atoms with E-state index in [0.717, 1.165) is 12.0 Å². The fraction of sp³-hybridized carbons (Fsp3) is 0.774. The van der Waals surface area contributed by atoms with Crippen LogP contribution < -0.4 is 0 Å². The van der Waals surface area contributed by atoms with Crippen LogP contribution in [0.4, 0.5) is 0 Å². The van der Waals surface area contributed by atoms with E-state index >= 15 is 0 Å². The Kier molecular flexibility index (Phi) is 21.0. The van der Waals surface area contributed by atoms with Gasteiger partial charge in [-0.15, -0.1) is 0 Å². The summed E-state index contributed by atoms with van der Waals surface area (Å²) in [5.41, 5.74) is -0.00547. The fourth-order valence-corrected chi connectivity index (χ4v) is 10.8. The van der Waals surface area contributed by atoms with Crippen molar-refractivity contribution in [1.29, 1.82) is 0 Å². The van der Waals surface area contributed by atoms with Crippen molar-refractivity contribution in [3.05, 3.63) is 47.6 Å². The normalized spacial score (nSPS) is 42.2. The van der Waals surface area contributed by atoms with Gasteiger partial charge in [-0.05, 0) is 121 Å². The minimum Gasteiger partial charge on any atom is -0.460 e. The number of nitrogens with zero attached hydrogens (tertiary/aromatic N) is 1. The van der Waals surface area contributed by atoms with E-state index in [-0.39, 0.29) is 60.4 Å². The van der Waals surface area contributed by atoms with Crippen LogP contribution in [0.15, 0.2) is 47.6 Å². The van der Waals surface area contributed by atoms with E-state index in [1.54, 1.807) is 52.9 Å². The number of carbonyl (C=O) groups is 4. The summed E-state index contributed by atoms with van der Waals surface area (Å²) < 4.78 is 30.1. The Morgan fingerprint density at radius 3 is 2.24 bits per heavy atom. The van der Waals surface area contributed by atoms with Crippen LogP contribution in [0.5, 0.6) is 0 Å². The summed E-state index contributed by atoms with van der Waals surface area (Å²) in [5.74, 6) is -5.88. The largest absolute Gasteiger partial charge is 0.460 e.